The number of unbranched alkanes of at least 4 members (excludes halogenated alkanes) is 2. The number of amides is 1. The molecule has 0 spiro atoms. The summed E-state index contributed by atoms with van der Waals surface area (Å²) in [6.07, 6.45) is 4.14. The van der Waals surface area contributed by atoms with Crippen LogP contribution in [0.25, 0.3) is 32.9 Å². The van der Waals surface area contributed by atoms with Crippen LogP contribution >= 0.6 is 23.2 Å². The van der Waals surface area contributed by atoms with Crippen molar-refractivity contribution >= 4 is 62.6 Å². The lowest BCUT2D eigenvalue weighted by Crippen LogP contribution is -2.43. The molecule has 7 rings (SSSR count). The van der Waals surface area contributed by atoms with Gasteiger partial charge in [-0.15, -0.1) is 0 Å². The van der Waals surface area contributed by atoms with E-state index in [9.17, 15) is 4.79 Å². The van der Waals surface area contributed by atoms with Gasteiger partial charge in [-0.1, -0.05) is 49.0 Å². The van der Waals surface area contributed by atoms with Crippen molar-refractivity contribution in [2.75, 3.05) is 24.7 Å². The van der Waals surface area contributed by atoms with Gasteiger partial charge in [0.05, 0.1) is 40.7 Å². The zero-order valence-electron chi connectivity index (χ0n) is 33.0. The van der Waals surface area contributed by atoms with Crippen LogP contribution in [0, 0.1) is 34.6 Å². The van der Waals surface area contributed by atoms with E-state index in [1.165, 1.54) is 0 Å². The molecule has 1 aliphatic heterocycles. The summed E-state index contributed by atoms with van der Waals surface area (Å²) < 4.78 is 15.9. The standard InChI is InChI=1S/C44H49Cl2N5O4/c1-9-10-11-16-55-44(53)35-22-30-18-24(2)19-36(40(30)47-35)50-23-27(5)51-41-33(14-15-34(45)38(41)37-28(6)48-49(8)29(37)7)32(42(51)43(50)52)13-12-17-54-31-20-25(3)39(46)26(4)21-31/h14-15,18-22,27,47H,9-13,16-17,23H2,1-8H3/t27-/m1/s1. The zero-order chi connectivity index (χ0) is 39.3. The van der Waals surface area contributed by atoms with Crippen LogP contribution in [0.2, 0.25) is 10.0 Å². The number of carbonyl (C=O) groups excluding carboxylic acids is 2. The third kappa shape index (κ3) is 7.02. The van der Waals surface area contributed by atoms with Crippen molar-refractivity contribution in [3.63, 3.8) is 0 Å². The number of halogens is 2. The number of hydrogen-bond donors (Lipinski definition) is 1. The van der Waals surface area contributed by atoms with Gasteiger partial charge in [0.1, 0.15) is 17.1 Å². The van der Waals surface area contributed by atoms with Gasteiger partial charge in [0, 0.05) is 52.3 Å². The number of aromatic nitrogens is 4. The van der Waals surface area contributed by atoms with Gasteiger partial charge in [0.2, 0.25) is 0 Å². The van der Waals surface area contributed by atoms with E-state index >= 15 is 4.79 Å². The van der Waals surface area contributed by atoms with Gasteiger partial charge in [-0.05, 0) is 119 Å². The van der Waals surface area contributed by atoms with Crippen LogP contribution in [0.5, 0.6) is 5.75 Å². The van der Waals surface area contributed by atoms with E-state index < -0.39 is 5.97 Å². The Labute approximate surface area is 332 Å². The molecule has 1 N–H and O–H groups in total. The minimum atomic E-state index is -0.395. The third-order valence-electron chi connectivity index (χ3n) is 10.9. The first kappa shape index (κ1) is 38.5. The molecule has 4 heterocycles. The largest absolute Gasteiger partial charge is 0.494 e. The molecule has 3 aromatic carbocycles. The van der Waals surface area contributed by atoms with Gasteiger partial charge in [-0.3, -0.25) is 9.48 Å². The first-order chi connectivity index (χ1) is 26.3. The molecular weight excluding hydrogens is 733 g/mol. The molecule has 55 heavy (non-hydrogen) atoms. The molecule has 3 aromatic heterocycles. The van der Waals surface area contributed by atoms with Crippen LogP contribution < -0.4 is 9.64 Å². The second kappa shape index (κ2) is 15.4. The maximum absolute atomic E-state index is 15.2. The zero-order valence-corrected chi connectivity index (χ0v) is 34.5. The molecule has 0 radical (unpaired) electrons. The molecule has 9 nitrogen and oxygen atoms in total. The molecule has 0 aliphatic carbocycles. The molecule has 1 amide bonds. The van der Waals surface area contributed by atoms with Crippen molar-refractivity contribution in [1.82, 2.24) is 19.3 Å². The number of nitrogens with one attached hydrogen (secondary N) is 1. The Bertz CT molecular complexity index is 2450. The monoisotopic (exact) mass is 781 g/mol. The number of carbonyl (C=O) groups is 2. The predicted octanol–water partition coefficient (Wildman–Crippen LogP) is 11.0. The SMILES string of the molecule is CCCCCOC(=O)c1cc2cc(C)cc(N3C[C@@H](C)n4c(c(CCCOc5cc(C)c(Cl)c(C)c5)c5ccc(Cl)c(-c6c(C)nn(C)c6C)c54)C3=O)c2[nH]1. The number of H-pyrrole nitrogens is 1. The quantitative estimate of drug-likeness (QED) is 0.0985. The maximum atomic E-state index is 15.2. The summed E-state index contributed by atoms with van der Waals surface area (Å²) in [5.41, 5.74) is 11.0. The van der Waals surface area contributed by atoms with Crippen molar-refractivity contribution in [3.05, 3.63) is 97.5 Å². The normalized spacial score (nSPS) is 14.3. The summed E-state index contributed by atoms with van der Waals surface area (Å²) >= 11 is 13.5. The van der Waals surface area contributed by atoms with Crippen LogP contribution in [0.15, 0.2) is 42.5 Å². The molecule has 1 aliphatic rings. The van der Waals surface area contributed by atoms with Gasteiger partial charge in [0.25, 0.3) is 5.91 Å². The molecule has 0 bridgehead atoms. The average molecular weight is 783 g/mol. The summed E-state index contributed by atoms with van der Waals surface area (Å²) in [5.74, 6) is 0.267. The van der Waals surface area contributed by atoms with Crippen LogP contribution in [0.4, 0.5) is 5.69 Å². The number of fused-ring (bicyclic) bond motifs is 4. The van der Waals surface area contributed by atoms with Crippen LogP contribution in [0.3, 0.4) is 0 Å². The number of rotatable bonds is 12. The second-order valence-electron chi connectivity index (χ2n) is 15.0. The molecule has 1 atom stereocenters. The van der Waals surface area contributed by atoms with E-state index in [-0.39, 0.29) is 11.9 Å². The number of aromatic amines is 1. The molecular formula is C44H49Cl2N5O4. The molecule has 288 valence electrons. The Morgan fingerprint density at radius 2 is 1.71 bits per heavy atom. The van der Waals surface area contributed by atoms with Crippen molar-refractivity contribution in [2.24, 2.45) is 7.05 Å². The van der Waals surface area contributed by atoms with Crippen LogP contribution in [-0.2, 0) is 18.2 Å². The van der Waals surface area contributed by atoms with Crippen molar-refractivity contribution in [1.29, 1.82) is 0 Å². The minimum Gasteiger partial charge on any atom is -0.494 e. The number of ether oxygens (including phenoxy) is 2. The molecule has 11 heteroatoms. The smallest absolute Gasteiger partial charge is 0.354 e. The molecule has 6 aromatic rings. The Hall–Kier alpha value is -4.73. The molecule has 0 unspecified atom stereocenters. The Kier molecular flexibility index (Phi) is 10.8. The fraction of sp³-hybridized carbons (Fsp3) is 0.386. The summed E-state index contributed by atoms with van der Waals surface area (Å²) in [6.45, 7) is 15.5. The van der Waals surface area contributed by atoms with E-state index in [1.807, 2.05) is 93.7 Å². The lowest BCUT2D eigenvalue weighted by Gasteiger charge is -2.34. The summed E-state index contributed by atoms with van der Waals surface area (Å²) in [5, 5.41) is 7.93. The Morgan fingerprint density at radius 3 is 2.40 bits per heavy atom. The number of anilines is 1. The van der Waals surface area contributed by atoms with Crippen LogP contribution in [0.1, 0.15) is 100 Å². The summed E-state index contributed by atoms with van der Waals surface area (Å²) in [4.78, 5) is 33.5. The predicted molar refractivity (Wildman–Crippen MR) is 223 cm³/mol. The highest BCUT2D eigenvalue weighted by Crippen LogP contribution is 2.45. The number of benzene rings is 3. The Morgan fingerprint density at radius 1 is 0.964 bits per heavy atom. The highest BCUT2D eigenvalue weighted by molar-refractivity contribution is 6.35. The first-order valence-electron chi connectivity index (χ1n) is 19.2. The lowest BCUT2D eigenvalue weighted by atomic mass is 9.98. The summed E-state index contributed by atoms with van der Waals surface area (Å²) in [6, 6.07) is 13.7. The number of nitrogens with zero attached hydrogens (tertiary/aromatic N) is 4. The van der Waals surface area contributed by atoms with Gasteiger partial charge in [-0.25, -0.2) is 4.79 Å². The van der Waals surface area contributed by atoms with Gasteiger partial charge in [-0.2, -0.15) is 5.10 Å². The first-order valence-corrected chi connectivity index (χ1v) is 19.9. The number of hydrogen-bond acceptors (Lipinski definition) is 5. The van der Waals surface area contributed by atoms with E-state index in [0.29, 0.717) is 49.0 Å². The average Bonchev–Trinajstić information content (AvgIpc) is 3.80. The van der Waals surface area contributed by atoms with E-state index in [2.05, 4.69) is 23.4 Å². The number of esters is 1. The molecule has 0 saturated heterocycles. The molecule has 0 fully saturated rings. The highest BCUT2D eigenvalue weighted by atomic mass is 35.5. The highest BCUT2D eigenvalue weighted by Gasteiger charge is 2.37. The van der Waals surface area contributed by atoms with E-state index in [4.69, 9.17) is 37.8 Å². The fourth-order valence-corrected chi connectivity index (χ4v) is 8.58. The van der Waals surface area contributed by atoms with Crippen molar-refractivity contribution in [2.45, 2.75) is 86.6 Å². The van der Waals surface area contributed by atoms with Gasteiger partial charge < -0.3 is 23.9 Å². The van der Waals surface area contributed by atoms with E-state index in [1.54, 1.807) is 0 Å². The minimum absolute atomic E-state index is 0.110. The number of aryl methyl sites for hydroxylation is 6. The third-order valence-corrected chi connectivity index (χ3v) is 11.8. The van der Waals surface area contributed by atoms with Crippen molar-refractivity contribution in [3.8, 4) is 16.9 Å². The lowest BCUT2D eigenvalue weighted by molar-refractivity contribution is 0.0492. The summed E-state index contributed by atoms with van der Waals surface area (Å²) in [7, 11) is 1.94. The Balaban J connectivity index is 1.33. The van der Waals surface area contributed by atoms with E-state index in [0.717, 1.165) is 102 Å². The fourth-order valence-electron chi connectivity index (χ4n) is 8.23. The molecule has 0 saturated carbocycles. The van der Waals surface area contributed by atoms with Gasteiger partial charge >= 0.3 is 5.97 Å². The van der Waals surface area contributed by atoms with Crippen molar-refractivity contribution < 1.29 is 19.1 Å². The van der Waals surface area contributed by atoms with Gasteiger partial charge in [0.15, 0.2) is 0 Å². The maximum Gasteiger partial charge on any atom is 0.354 e. The second-order valence-corrected chi connectivity index (χ2v) is 15.8. The van der Waals surface area contributed by atoms with Crippen LogP contribution in [-0.4, -0.2) is 51.0 Å². The topological polar surface area (TPSA) is 94.4 Å².